The maximum Gasteiger partial charge on any atom is 0.191 e. The summed E-state index contributed by atoms with van der Waals surface area (Å²) in [5.74, 6) is 0.681. The summed E-state index contributed by atoms with van der Waals surface area (Å²) in [6.07, 6.45) is 1.22. The van der Waals surface area contributed by atoms with Crippen molar-refractivity contribution in [3.05, 3.63) is 64.2 Å². The Balaban J connectivity index is 0.00000420. The molecule has 0 aliphatic heterocycles. The van der Waals surface area contributed by atoms with Gasteiger partial charge >= 0.3 is 0 Å². The van der Waals surface area contributed by atoms with E-state index >= 15 is 0 Å². The maximum absolute atomic E-state index is 11.7. The van der Waals surface area contributed by atoms with Crippen LogP contribution in [0.25, 0.3) is 0 Å². The number of hydrogen-bond donors (Lipinski definition) is 2. The zero-order valence-electron chi connectivity index (χ0n) is 17.4. The van der Waals surface area contributed by atoms with Gasteiger partial charge in [-0.25, -0.2) is 8.42 Å². The van der Waals surface area contributed by atoms with Gasteiger partial charge in [0.1, 0.15) is 0 Å². The fraction of sp³-hybridized carbons (Fsp3) is 0.381. The zero-order chi connectivity index (χ0) is 20.9. The number of hydrogen-bond acceptors (Lipinski definition) is 3. The molecule has 0 heterocycles. The van der Waals surface area contributed by atoms with E-state index in [0.717, 1.165) is 21.7 Å². The summed E-state index contributed by atoms with van der Waals surface area (Å²) < 4.78 is 23.5. The van der Waals surface area contributed by atoms with Crippen LogP contribution >= 0.6 is 35.6 Å². The second-order valence-electron chi connectivity index (χ2n) is 7.55. The number of sulfone groups is 1. The van der Waals surface area contributed by atoms with Crippen molar-refractivity contribution in [3.8, 4) is 0 Å². The number of aliphatic imine (C=N–C) groups is 1. The van der Waals surface area contributed by atoms with Crippen LogP contribution in [0, 0.1) is 6.92 Å². The van der Waals surface area contributed by atoms with Gasteiger partial charge in [-0.2, -0.15) is 0 Å². The number of aryl methyl sites for hydroxylation is 1. The average Bonchev–Trinajstić information content (AvgIpc) is 2.61. The molecule has 0 atom stereocenters. The SMILES string of the molecule is CN=C(NCc1ccc(S(C)(=O)=O)c(C)c1)NCC(C)(C)c1cccc(Cl)c1.I. The smallest absolute Gasteiger partial charge is 0.191 e. The summed E-state index contributed by atoms with van der Waals surface area (Å²) in [5.41, 5.74) is 2.75. The topological polar surface area (TPSA) is 70.6 Å². The van der Waals surface area contributed by atoms with Gasteiger partial charge in [0.2, 0.25) is 0 Å². The second kappa shape index (κ2) is 10.6. The Morgan fingerprint density at radius 2 is 1.83 bits per heavy atom. The van der Waals surface area contributed by atoms with Gasteiger partial charge in [-0.05, 0) is 41.8 Å². The van der Waals surface area contributed by atoms with Gasteiger partial charge in [0.05, 0.1) is 4.90 Å². The van der Waals surface area contributed by atoms with Crippen molar-refractivity contribution in [3.63, 3.8) is 0 Å². The molecule has 0 radical (unpaired) electrons. The minimum absolute atomic E-state index is 0. The van der Waals surface area contributed by atoms with Crippen LogP contribution in [-0.4, -0.2) is 34.2 Å². The lowest BCUT2D eigenvalue weighted by atomic mass is 9.84. The van der Waals surface area contributed by atoms with Gasteiger partial charge in [0, 0.05) is 36.8 Å². The molecule has 0 amide bonds. The maximum atomic E-state index is 11.7. The molecule has 2 aromatic carbocycles. The summed E-state index contributed by atoms with van der Waals surface area (Å²) in [6, 6.07) is 13.2. The van der Waals surface area contributed by atoms with E-state index in [-0.39, 0.29) is 29.4 Å². The van der Waals surface area contributed by atoms with Crippen LogP contribution in [0.3, 0.4) is 0 Å². The standard InChI is InChI=1S/C21H28ClN3O2S.HI/c1-15-11-16(9-10-19(15)28(5,26)27)13-24-20(23-4)25-14-21(2,3)17-7-6-8-18(22)12-17;/h6-12H,13-14H2,1-5H3,(H2,23,24,25);1H. The van der Waals surface area contributed by atoms with Crippen molar-refractivity contribution in [2.75, 3.05) is 19.8 Å². The lowest BCUT2D eigenvalue weighted by molar-refractivity contribution is 0.508. The van der Waals surface area contributed by atoms with Crippen LogP contribution in [0.5, 0.6) is 0 Å². The molecule has 0 saturated carbocycles. The molecule has 2 aromatic rings. The lowest BCUT2D eigenvalue weighted by Gasteiger charge is -2.27. The highest BCUT2D eigenvalue weighted by Gasteiger charge is 2.21. The van der Waals surface area contributed by atoms with Gasteiger partial charge in [-0.15, -0.1) is 24.0 Å². The van der Waals surface area contributed by atoms with E-state index in [1.54, 1.807) is 20.0 Å². The van der Waals surface area contributed by atoms with Crippen LogP contribution in [0.2, 0.25) is 5.02 Å². The molecule has 0 fully saturated rings. The quantitative estimate of drug-likeness (QED) is 0.320. The van der Waals surface area contributed by atoms with Crippen molar-refractivity contribution in [2.24, 2.45) is 4.99 Å². The number of nitrogens with one attached hydrogen (secondary N) is 2. The third-order valence-electron chi connectivity index (χ3n) is 4.63. The Hall–Kier alpha value is -1.32. The highest BCUT2D eigenvalue weighted by atomic mass is 127. The Morgan fingerprint density at radius 3 is 2.38 bits per heavy atom. The lowest BCUT2D eigenvalue weighted by Crippen LogP contribution is -2.43. The normalized spacial score (nSPS) is 12.3. The first kappa shape index (κ1) is 25.7. The third kappa shape index (κ3) is 7.46. The fourth-order valence-electron chi connectivity index (χ4n) is 2.96. The first-order valence-corrected chi connectivity index (χ1v) is 11.3. The molecule has 0 saturated heterocycles. The van der Waals surface area contributed by atoms with Gasteiger partial charge in [0.15, 0.2) is 15.8 Å². The summed E-state index contributed by atoms with van der Waals surface area (Å²) in [6.45, 7) is 7.32. The third-order valence-corrected chi connectivity index (χ3v) is 6.12. The Kier molecular flexibility index (Phi) is 9.43. The molecule has 5 nitrogen and oxygen atoms in total. The monoisotopic (exact) mass is 549 g/mol. The molecular weight excluding hydrogens is 521 g/mol. The molecule has 160 valence electrons. The van der Waals surface area contributed by atoms with E-state index in [1.165, 1.54) is 6.26 Å². The van der Waals surface area contributed by atoms with Crippen LogP contribution < -0.4 is 10.6 Å². The molecule has 8 heteroatoms. The first-order valence-electron chi connectivity index (χ1n) is 9.03. The predicted octanol–water partition coefficient (Wildman–Crippen LogP) is 4.31. The van der Waals surface area contributed by atoms with Crippen LogP contribution in [0.15, 0.2) is 52.4 Å². The first-order chi connectivity index (χ1) is 13.0. The fourth-order valence-corrected chi connectivity index (χ4v) is 4.11. The van der Waals surface area contributed by atoms with Gasteiger partial charge < -0.3 is 10.6 Å². The van der Waals surface area contributed by atoms with Crippen molar-refractivity contribution in [1.82, 2.24) is 10.6 Å². The molecule has 2 N–H and O–H groups in total. The summed E-state index contributed by atoms with van der Waals surface area (Å²) in [4.78, 5) is 4.63. The molecule has 0 aliphatic rings. The van der Waals surface area contributed by atoms with Gasteiger partial charge in [0.25, 0.3) is 0 Å². The Bertz CT molecular complexity index is 976. The molecular formula is C21H29ClIN3O2S. The number of halogens is 2. The molecule has 29 heavy (non-hydrogen) atoms. The van der Waals surface area contributed by atoms with Crippen molar-refractivity contribution in [1.29, 1.82) is 0 Å². The minimum atomic E-state index is -3.21. The van der Waals surface area contributed by atoms with Crippen molar-refractivity contribution in [2.45, 2.75) is 37.6 Å². The van der Waals surface area contributed by atoms with Crippen molar-refractivity contribution >= 4 is 51.4 Å². The van der Waals surface area contributed by atoms with Crippen molar-refractivity contribution < 1.29 is 8.42 Å². The molecule has 0 aliphatic carbocycles. The van der Waals surface area contributed by atoms with E-state index < -0.39 is 9.84 Å². The molecule has 0 spiro atoms. The second-order valence-corrected chi connectivity index (χ2v) is 9.97. The average molecular weight is 550 g/mol. The van der Waals surface area contributed by atoms with Crippen LogP contribution in [0.1, 0.15) is 30.5 Å². The largest absolute Gasteiger partial charge is 0.356 e. The number of guanidine groups is 1. The van der Waals surface area contributed by atoms with E-state index in [4.69, 9.17) is 11.6 Å². The summed E-state index contributed by atoms with van der Waals surface area (Å²) in [7, 11) is -1.48. The number of rotatable bonds is 6. The van der Waals surface area contributed by atoms with Crippen LogP contribution in [0.4, 0.5) is 0 Å². The summed E-state index contributed by atoms with van der Waals surface area (Å²) >= 11 is 6.12. The van der Waals surface area contributed by atoms with Gasteiger partial charge in [-0.3, -0.25) is 4.99 Å². The van der Waals surface area contributed by atoms with E-state index in [9.17, 15) is 8.42 Å². The molecule has 0 unspecified atom stereocenters. The van der Waals surface area contributed by atoms with E-state index in [0.29, 0.717) is 23.9 Å². The Morgan fingerprint density at radius 1 is 1.14 bits per heavy atom. The predicted molar refractivity (Wildman–Crippen MR) is 132 cm³/mol. The molecule has 2 rings (SSSR count). The molecule has 0 bridgehead atoms. The molecule has 0 aromatic heterocycles. The van der Waals surface area contributed by atoms with E-state index in [1.807, 2.05) is 30.3 Å². The highest BCUT2D eigenvalue weighted by Crippen LogP contribution is 2.24. The number of benzene rings is 2. The Labute approximate surface area is 196 Å². The highest BCUT2D eigenvalue weighted by molar-refractivity contribution is 14.0. The van der Waals surface area contributed by atoms with Crippen LogP contribution in [-0.2, 0) is 21.8 Å². The summed E-state index contributed by atoms with van der Waals surface area (Å²) in [5, 5.41) is 7.34. The van der Waals surface area contributed by atoms with E-state index in [2.05, 4.69) is 35.5 Å². The van der Waals surface area contributed by atoms with Gasteiger partial charge in [-0.1, -0.05) is 49.7 Å². The minimum Gasteiger partial charge on any atom is -0.356 e. The number of nitrogens with zero attached hydrogens (tertiary/aromatic N) is 1. The zero-order valence-corrected chi connectivity index (χ0v) is 21.3.